The van der Waals surface area contributed by atoms with Gasteiger partial charge in [0.05, 0.1) is 16.8 Å². The fourth-order valence-electron chi connectivity index (χ4n) is 3.87. The van der Waals surface area contributed by atoms with E-state index in [2.05, 4.69) is 36.4 Å². The minimum absolute atomic E-state index is 0.334. The van der Waals surface area contributed by atoms with Crippen LogP contribution in [-0.4, -0.2) is 14.1 Å². The number of nitriles is 2. The number of fused-ring (bicyclic) bond motifs is 1. The molecule has 0 aromatic heterocycles. The summed E-state index contributed by atoms with van der Waals surface area (Å²) in [7, 11) is 4.01. The highest BCUT2D eigenvalue weighted by atomic mass is 15.1. The predicted octanol–water partition coefficient (Wildman–Crippen LogP) is 4.40. The van der Waals surface area contributed by atoms with Gasteiger partial charge in [0, 0.05) is 25.3 Å². The molecule has 0 spiro atoms. The second-order valence-electron chi connectivity index (χ2n) is 7.07. The molecular formula is C22H24N4. The first kappa shape index (κ1) is 17.8. The summed E-state index contributed by atoms with van der Waals surface area (Å²) in [6.45, 7) is 0. The minimum Gasteiger partial charge on any atom is -0.397 e. The number of hydrogen-bond donors (Lipinski definition) is 1. The highest BCUT2D eigenvalue weighted by Crippen LogP contribution is 2.39. The molecule has 0 fully saturated rings. The lowest BCUT2D eigenvalue weighted by molar-refractivity contribution is 0.617. The van der Waals surface area contributed by atoms with Crippen LogP contribution in [0.1, 0.15) is 47.9 Å². The van der Waals surface area contributed by atoms with Crippen molar-refractivity contribution in [1.82, 2.24) is 0 Å². The van der Waals surface area contributed by atoms with Crippen molar-refractivity contribution in [2.24, 2.45) is 0 Å². The van der Waals surface area contributed by atoms with Gasteiger partial charge in [-0.1, -0.05) is 25.0 Å². The lowest BCUT2D eigenvalue weighted by atomic mass is 9.81. The quantitative estimate of drug-likeness (QED) is 0.819. The van der Waals surface area contributed by atoms with E-state index in [1.165, 1.54) is 12.8 Å². The van der Waals surface area contributed by atoms with Crippen LogP contribution in [0, 0.1) is 22.7 Å². The number of anilines is 2. The summed E-state index contributed by atoms with van der Waals surface area (Å²) < 4.78 is 0. The van der Waals surface area contributed by atoms with Crippen LogP contribution >= 0.6 is 0 Å². The van der Waals surface area contributed by atoms with Crippen LogP contribution in [0.2, 0.25) is 0 Å². The zero-order chi connectivity index (χ0) is 18.7. The van der Waals surface area contributed by atoms with Crippen molar-refractivity contribution in [3.63, 3.8) is 0 Å². The molecule has 0 radical (unpaired) electrons. The molecule has 0 unspecified atom stereocenters. The first-order chi connectivity index (χ1) is 12.6. The van der Waals surface area contributed by atoms with Gasteiger partial charge in [-0.25, -0.2) is 0 Å². The van der Waals surface area contributed by atoms with Gasteiger partial charge in [-0.3, -0.25) is 0 Å². The zero-order valence-corrected chi connectivity index (χ0v) is 15.5. The third-order valence-electron chi connectivity index (χ3n) is 5.26. The van der Waals surface area contributed by atoms with Crippen molar-refractivity contribution in [2.45, 2.75) is 38.5 Å². The van der Waals surface area contributed by atoms with E-state index in [0.717, 1.165) is 53.6 Å². The Hall–Kier alpha value is -2.98. The molecule has 0 aliphatic heterocycles. The van der Waals surface area contributed by atoms with Gasteiger partial charge < -0.3 is 10.6 Å². The molecule has 0 atom stereocenters. The fraction of sp³-hybridized carbons (Fsp3) is 0.364. The van der Waals surface area contributed by atoms with Gasteiger partial charge >= 0.3 is 0 Å². The lowest BCUT2D eigenvalue weighted by Gasteiger charge is -2.23. The molecule has 132 valence electrons. The number of rotatable bonds is 2. The Morgan fingerprint density at radius 1 is 0.846 bits per heavy atom. The number of nitrogens with zero attached hydrogens (tertiary/aromatic N) is 3. The molecule has 1 aliphatic carbocycles. The highest BCUT2D eigenvalue weighted by Gasteiger charge is 2.24. The molecule has 0 saturated heterocycles. The lowest BCUT2D eigenvalue weighted by Crippen LogP contribution is -2.11. The van der Waals surface area contributed by atoms with Crippen molar-refractivity contribution >= 4 is 11.4 Å². The van der Waals surface area contributed by atoms with Crippen LogP contribution in [0.4, 0.5) is 11.4 Å². The van der Waals surface area contributed by atoms with Gasteiger partial charge in [0.2, 0.25) is 0 Å². The van der Waals surface area contributed by atoms with Crippen molar-refractivity contribution in [3.8, 4) is 23.3 Å². The summed E-state index contributed by atoms with van der Waals surface area (Å²) in [4.78, 5) is 2.05. The topological polar surface area (TPSA) is 76.8 Å². The Bertz CT molecular complexity index is 896. The van der Waals surface area contributed by atoms with E-state index in [4.69, 9.17) is 5.73 Å². The molecule has 0 bridgehead atoms. The zero-order valence-electron chi connectivity index (χ0n) is 15.5. The third kappa shape index (κ3) is 3.11. The maximum Gasteiger partial charge on any atom is 0.102 e. The van der Waals surface area contributed by atoms with Gasteiger partial charge in [0.1, 0.15) is 12.1 Å². The highest BCUT2D eigenvalue weighted by molar-refractivity contribution is 5.85. The SMILES string of the molecule is CN(C)c1ccc(-c2c(C#N)c(N)c(C#N)c3c2CCCCCC3)cc1. The van der Waals surface area contributed by atoms with E-state index in [-0.39, 0.29) is 0 Å². The van der Waals surface area contributed by atoms with Crippen molar-refractivity contribution in [2.75, 3.05) is 24.7 Å². The molecule has 26 heavy (non-hydrogen) atoms. The van der Waals surface area contributed by atoms with Gasteiger partial charge in [-0.15, -0.1) is 0 Å². The predicted molar refractivity (Wildman–Crippen MR) is 106 cm³/mol. The Morgan fingerprint density at radius 2 is 1.42 bits per heavy atom. The van der Waals surface area contributed by atoms with Crippen LogP contribution in [0.15, 0.2) is 24.3 Å². The summed E-state index contributed by atoms with van der Waals surface area (Å²) >= 11 is 0. The second-order valence-corrected chi connectivity index (χ2v) is 7.07. The Balaban J connectivity index is 2.29. The molecule has 0 heterocycles. The van der Waals surface area contributed by atoms with Crippen LogP contribution < -0.4 is 10.6 Å². The van der Waals surface area contributed by atoms with Gasteiger partial charge in [0.15, 0.2) is 0 Å². The number of nitrogens with two attached hydrogens (primary N) is 1. The molecule has 1 aliphatic rings. The van der Waals surface area contributed by atoms with Crippen LogP contribution in [0.3, 0.4) is 0 Å². The van der Waals surface area contributed by atoms with Crippen LogP contribution in [0.5, 0.6) is 0 Å². The molecule has 2 aromatic rings. The molecular weight excluding hydrogens is 320 g/mol. The van der Waals surface area contributed by atoms with Crippen molar-refractivity contribution in [1.29, 1.82) is 10.5 Å². The summed E-state index contributed by atoms with van der Waals surface area (Å²) in [6.07, 6.45) is 6.26. The third-order valence-corrected chi connectivity index (χ3v) is 5.26. The maximum absolute atomic E-state index is 9.80. The summed E-state index contributed by atoms with van der Waals surface area (Å²) in [6, 6.07) is 12.8. The largest absolute Gasteiger partial charge is 0.397 e. The Kier molecular flexibility index (Phi) is 5.14. The van der Waals surface area contributed by atoms with Crippen molar-refractivity contribution < 1.29 is 0 Å². The minimum atomic E-state index is 0.334. The van der Waals surface area contributed by atoms with E-state index in [1.54, 1.807) is 0 Å². The van der Waals surface area contributed by atoms with E-state index < -0.39 is 0 Å². The molecule has 3 rings (SSSR count). The molecule has 4 heteroatoms. The van der Waals surface area contributed by atoms with E-state index >= 15 is 0 Å². The number of hydrogen-bond acceptors (Lipinski definition) is 4. The molecule has 2 N–H and O–H groups in total. The average Bonchev–Trinajstić information content (AvgIpc) is 2.62. The van der Waals surface area contributed by atoms with Crippen LogP contribution in [-0.2, 0) is 12.8 Å². The Labute approximate surface area is 155 Å². The monoisotopic (exact) mass is 344 g/mol. The van der Waals surface area contributed by atoms with E-state index in [0.29, 0.717) is 16.8 Å². The Morgan fingerprint density at radius 3 is 1.96 bits per heavy atom. The normalized spacial score (nSPS) is 13.7. The number of nitrogen functional groups attached to an aromatic ring is 1. The summed E-state index contributed by atoms with van der Waals surface area (Å²) in [5.74, 6) is 0. The first-order valence-corrected chi connectivity index (χ1v) is 9.13. The smallest absolute Gasteiger partial charge is 0.102 e. The molecule has 2 aromatic carbocycles. The summed E-state index contributed by atoms with van der Waals surface area (Å²) in [5, 5.41) is 19.5. The van der Waals surface area contributed by atoms with Gasteiger partial charge in [-0.05, 0) is 54.5 Å². The molecule has 0 amide bonds. The molecule has 4 nitrogen and oxygen atoms in total. The standard InChI is InChI=1S/C22H24N4/c1-26(2)16-11-9-15(10-12-16)21-18-8-6-4-3-5-7-17(18)19(13-23)22(25)20(21)14-24/h9-12H,3-8,25H2,1-2H3. The van der Waals surface area contributed by atoms with Crippen molar-refractivity contribution in [3.05, 3.63) is 46.5 Å². The summed E-state index contributed by atoms with van der Waals surface area (Å²) in [5.41, 5.74) is 12.8. The van der Waals surface area contributed by atoms with E-state index in [1.807, 2.05) is 19.0 Å². The second kappa shape index (κ2) is 7.50. The molecule has 0 saturated carbocycles. The van der Waals surface area contributed by atoms with Crippen LogP contribution in [0.25, 0.3) is 11.1 Å². The van der Waals surface area contributed by atoms with Gasteiger partial charge in [0.25, 0.3) is 0 Å². The maximum atomic E-state index is 9.80. The van der Waals surface area contributed by atoms with E-state index in [9.17, 15) is 10.5 Å². The fourth-order valence-corrected chi connectivity index (χ4v) is 3.87. The number of benzene rings is 2. The first-order valence-electron chi connectivity index (χ1n) is 9.13. The van der Waals surface area contributed by atoms with Gasteiger partial charge in [-0.2, -0.15) is 10.5 Å². The average molecular weight is 344 g/mol.